The van der Waals surface area contributed by atoms with Gasteiger partial charge < -0.3 is 0 Å². The van der Waals surface area contributed by atoms with Crippen LogP contribution in [0.15, 0.2) is 41.4 Å². The van der Waals surface area contributed by atoms with Crippen molar-refractivity contribution < 1.29 is 4.79 Å². The fourth-order valence-corrected chi connectivity index (χ4v) is 2.49. The van der Waals surface area contributed by atoms with Crippen LogP contribution in [0.25, 0.3) is 11.6 Å². The molecule has 0 radical (unpaired) electrons. The van der Waals surface area contributed by atoms with Crippen LogP contribution < -0.4 is 0 Å². The predicted octanol–water partition coefficient (Wildman–Crippen LogP) is 4.96. The highest BCUT2D eigenvalue weighted by Crippen LogP contribution is 2.26. The SMILES string of the molecule is C=C/C(=C\c1c(C)ccc(/C(C=NC)=C/C)c1C)CC(C)=O. The van der Waals surface area contributed by atoms with Crippen molar-refractivity contribution in [3.05, 3.63) is 58.7 Å². The molecule has 0 aliphatic heterocycles. The van der Waals surface area contributed by atoms with Gasteiger partial charge in [0.15, 0.2) is 0 Å². The molecular formula is C20H25NO. The van der Waals surface area contributed by atoms with Crippen molar-refractivity contribution in [3.63, 3.8) is 0 Å². The van der Waals surface area contributed by atoms with Crippen molar-refractivity contribution in [1.29, 1.82) is 0 Å². The Morgan fingerprint density at radius 2 is 2.00 bits per heavy atom. The first-order valence-electron chi connectivity index (χ1n) is 7.46. The first-order chi connectivity index (χ1) is 10.4. The minimum Gasteiger partial charge on any atom is -0.300 e. The molecule has 0 fully saturated rings. The first-order valence-corrected chi connectivity index (χ1v) is 7.46. The summed E-state index contributed by atoms with van der Waals surface area (Å²) >= 11 is 0. The Balaban J connectivity index is 3.46. The zero-order valence-corrected chi connectivity index (χ0v) is 14.2. The molecule has 0 bridgehead atoms. The molecule has 0 aromatic heterocycles. The Labute approximate surface area is 134 Å². The van der Waals surface area contributed by atoms with Gasteiger partial charge in [-0.05, 0) is 61.1 Å². The number of hydrogen-bond acceptors (Lipinski definition) is 2. The third kappa shape index (κ3) is 4.39. The molecule has 0 aliphatic rings. The van der Waals surface area contributed by atoms with E-state index in [2.05, 4.69) is 49.7 Å². The highest BCUT2D eigenvalue weighted by Gasteiger charge is 2.09. The molecule has 0 amide bonds. The van der Waals surface area contributed by atoms with E-state index < -0.39 is 0 Å². The van der Waals surface area contributed by atoms with E-state index in [0.29, 0.717) is 6.42 Å². The van der Waals surface area contributed by atoms with Gasteiger partial charge in [0.1, 0.15) is 5.78 Å². The van der Waals surface area contributed by atoms with Crippen LogP contribution >= 0.6 is 0 Å². The second-order valence-electron chi connectivity index (χ2n) is 5.40. The van der Waals surface area contributed by atoms with Crippen molar-refractivity contribution >= 4 is 23.6 Å². The maximum Gasteiger partial charge on any atom is 0.134 e. The number of carbonyl (C=O) groups excluding carboxylic acids is 1. The van der Waals surface area contributed by atoms with Gasteiger partial charge in [-0.25, -0.2) is 0 Å². The second-order valence-corrected chi connectivity index (χ2v) is 5.40. The number of aliphatic imine (C=N–C) groups is 1. The number of benzene rings is 1. The van der Waals surface area contributed by atoms with Crippen molar-refractivity contribution in [2.75, 3.05) is 7.05 Å². The molecule has 0 aliphatic carbocycles. The van der Waals surface area contributed by atoms with Gasteiger partial charge in [-0.1, -0.05) is 36.9 Å². The number of allylic oxidation sites excluding steroid dienone is 4. The molecule has 0 saturated heterocycles. The van der Waals surface area contributed by atoms with Crippen molar-refractivity contribution in [2.45, 2.75) is 34.1 Å². The van der Waals surface area contributed by atoms with E-state index in [-0.39, 0.29) is 5.78 Å². The highest BCUT2D eigenvalue weighted by atomic mass is 16.1. The van der Waals surface area contributed by atoms with Crippen LogP contribution in [0.4, 0.5) is 0 Å². The largest absolute Gasteiger partial charge is 0.300 e. The fourth-order valence-electron chi connectivity index (χ4n) is 2.49. The monoisotopic (exact) mass is 295 g/mol. The van der Waals surface area contributed by atoms with Crippen LogP contribution in [0, 0.1) is 13.8 Å². The molecule has 22 heavy (non-hydrogen) atoms. The van der Waals surface area contributed by atoms with Crippen molar-refractivity contribution in [1.82, 2.24) is 0 Å². The topological polar surface area (TPSA) is 29.4 Å². The van der Waals surface area contributed by atoms with Crippen LogP contribution in [-0.2, 0) is 4.79 Å². The van der Waals surface area contributed by atoms with Gasteiger partial charge in [0.2, 0.25) is 0 Å². The summed E-state index contributed by atoms with van der Waals surface area (Å²) in [6.07, 6.45) is 8.17. The normalized spacial score (nSPS) is 12.8. The maximum absolute atomic E-state index is 11.4. The van der Waals surface area contributed by atoms with Gasteiger partial charge >= 0.3 is 0 Å². The third-order valence-corrected chi connectivity index (χ3v) is 3.67. The fraction of sp³-hybridized carbons (Fsp3) is 0.300. The minimum atomic E-state index is 0.143. The number of hydrogen-bond donors (Lipinski definition) is 0. The summed E-state index contributed by atoms with van der Waals surface area (Å²) in [7, 11) is 1.77. The summed E-state index contributed by atoms with van der Waals surface area (Å²) in [6.45, 7) is 11.6. The summed E-state index contributed by atoms with van der Waals surface area (Å²) < 4.78 is 0. The lowest BCUT2D eigenvalue weighted by molar-refractivity contribution is -0.116. The van der Waals surface area contributed by atoms with E-state index in [0.717, 1.165) is 22.3 Å². The van der Waals surface area contributed by atoms with E-state index >= 15 is 0 Å². The molecule has 0 N–H and O–H groups in total. The van der Waals surface area contributed by atoms with Gasteiger partial charge in [0.05, 0.1) is 0 Å². The van der Waals surface area contributed by atoms with Gasteiger partial charge in [0.25, 0.3) is 0 Å². The minimum absolute atomic E-state index is 0.143. The number of carbonyl (C=O) groups is 1. The lowest BCUT2D eigenvalue weighted by Crippen LogP contribution is -1.97. The van der Waals surface area contributed by atoms with Gasteiger partial charge in [-0.15, -0.1) is 0 Å². The molecule has 0 heterocycles. The standard InChI is InChI=1S/C20H25NO/c1-7-17(11-15(4)22)12-20-14(3)9-10-19(16(20)5)18(8-2)13-21-6/h7-10,12-13H,1,11H2,2-6H3/b17-12+,18-8+,21-13?. The third-order valence-electron chi connectivity index (χ3n) is 3.67. The molecule has 2 nitrogen and oxygen atoms in total. The average Bonchev–Trinajstić information content (AvgIpc) is 2.48. The number of rotatable bonds is 6. The lowest BCUT2D eigenvalue weighted by Gasteiger charge is -2.13. The molecular weight excluding hydrogens is 270 g/mol. The zero-order valence-electron chi connectivity index (χ0n) is 14.2. The lowest BCUT2D eigenvalue weighted by atomic mass is 9.91. The molecule has 1 rings (SSSR count). The quantitative estimate of drug-likeness (QED) is 0.539. The van der Waals surface area contributed by atoms with E-state index in [1.54, 1.807) is 20.0 Å². The summed E-state index contributed by atoms with van der Waals surface area (Å²) in [5, 5.41) is 0. The van der Waals surface area contributed by atoms with E-state index in [1.807, 2.05) is 13.1 Å². The Morgan fingerprint density at radius 3 is 2.50 bits per heavy atom. The Bertz CT molecular complexity index is 661. The number of nitrogens with zero attached hydrogens (tertiary/aromatic N) is 1. The predicted molar refractivity (Wildman–Crippen MR) is 97.5 cm³/mol. The first kappa shape index (κ1) is 17.8. The number of aryl methyl sites for hydroxylation is 1. The molecule has 2 heteroatoms. The zero-order chi connectivity index (χ0) is 16.7. The molecule has 116 valence electrons. The summed E-state index contributed by atoms with van der Waals surface area (Å²) in [5.74, 6) is 0.143. The van der Waals surface area contributed by atoms with Crippen LogP contribution in [0.1, 0.15) is 42.5 Å². The Hall–Kier alpha value is -2.22. The summed E-state index contributed by atoms with van der Waals surface area (Å²) in [4.78, 5) is 15.5. The number of Topliss-reactive ketones (excluding diaryl/α,β-unsaturated/α-hetero) is 1. The Kier molecular flexibility index (Phi) is 6.71. The Morgan fingerprint density at radius 1 is 1.32 bits per heavy atom. The van der Waals surface area contributed by atoms with E-state index in [1.165, 1.54) is 11.1 Å². The summed E-state index contributed by atoms with van der Waals surface area (Å²) in [6, 6.07) is 4.23. The van der Waals surface area contributed by atoms with Gasteiger partial charge in [-0.3, -0.25) is 9.79 Å². The second kappa shape index (κ2) is 8.28. The van der Waals surface area contributed by atoms with Crippen LogP contribution in [-0.4, -0.2) is 19.0 Å². The summed E-state index contributed by atoms with van der Waals surface area (Å²) in [5.41, 5.74) is 6.74. The molecule has 0 atom stereocenters. The maximum atomic E-state index is 11.4. The molecule has 0 spiro atoms. The molecule has 0 saturated carbocycles. The molecule has 1 aromatic carbocycles. The number of ketones is 1. The highest BCUT2D eigenvalue weighted by molar-refractivity contribution is 6.10. The van der Waals surface area contributed by atoms with Gasteiger partial charge in [-0.2, -0.15) is 0 Å². The molecule has 0 unspecified atom stereocenters. The average molecular weight is 295 g/mol. The van der Waals surface area contributed by atoms with Crippen LogP contribution in [0.5, 0.6) is 0 Å². The van der Waals surface area contributed by atoms with E-state index in [9.17, 15) is 4.79 Å². The van der Waals surface area contributed by atoms with Crippen molar-refractivity contribution in [3.8, 4) is 0 Å². The van der Waals surface area contributed by atoms with Crippen molar-refractivity contribution in [2.24, 2.45) is 4.99 Å². The molecule has 1 aromatic rings. The van der Waals surface area contributed by atoms with E-state index in [4.69, 9.17) is 0 Å². The van der Waals surface area contributed by atoms with Crippen LogP contribution in [0.2, 0.25) is 0 Å². The van der Waals surface area contributed by atoms with Crippen LogP contribution in [0.3, 0.4) is 0 Å². The van der Waals surface area contributed by atoms with Gasteiger partial charge in [0, 0.05) is 19.7 Å². The smallest absolute Gasteiger partial charge is 0.134 e.